The van der Waals surface area contributed by atoms with Gasteiger partial charge in [-0.25, -0.2) is 4.79 Å². The molecule has 0 saturated heterocycles. The van der Waals surface area contributed by atoms with E-state index in [-0.39, 0.29) is 5.56 Å². The third-order valence-corrected chi connectivity index (χ3v) is 2.85. The number of esters is 1. The van der Waals surface area contributed by atoms with E-state index in [4.69, 9.17) is 10.00 Å². The molecule has 0 spiro atoms. The second kappa shape index (κ2) is 7.52. The summed E-state index contributed by atoms with van der Waals surface area (Å²) < 4.78 is 4.81. The number of imide groups is 1. The molecule has 0 bridgehead atoms. The minimum absolute atomic E-state index is 0.159. The molecule has 2 rings (SSSR count). The maximum absolute atomic E-state index is 11.8. The van der Waals surface area contributed by atoms with Gasteiger partial charge in [-0.2, -0.15) is 5.26 Å². The second-order valence-corrected chi connectivity index (χ2v) is 4.51. The van der Waals surface area contributed by atoms with Crippen molar-refractivity contribution in [3.8, 4) is 6.07 Å². The normalized spacial score (nSPS) is 9.52. The molecule has 0 heterocycles. The van der Waals surface area contributed by atoms with E-state index >= 15 is 0 Å². The fourth-order valence-corrected chi connectivity index (χ4v) is 1.75. The number of ether oxygens (including phenoxy) is 1. The maximum Gasteiger partial charge on any atom is 0.338 e. The predicted molar refractivity (Wildman–Crippen MR) is 80.4 cm³/mol. The van der Waals surface area contributed by atoms with Crippen molar-refractivity contribution in [1.82, 2.24) is 5.32 Å². The van der Waals surface area contributed by atoms with Crippen molar-refractivity contribution < 1.29 is 19.1 Å². The zero-order chi connectivity index (χ0) is 16.7. The first-order valence-electron chi connectivity index (χ1n) is 6.66. The number of hydrogen-bond donors (Lipinski definition) is 1. The molecule has 0 saturated carbocycles. The van der Waals surface area contributed by atoms with E-state index in [2.05, 4.69) is 5.32 Å². The van der Waals surface area contributed by atoms with E-state index in [1.54, 1.807) is 36.4 Å². The highest BCUT2D eigenvalue weighted by Crippen LogP contribution is 2.05. The van der Waals surface area contributed by atoms with Gasteiger partial charge in [-0.15, -0.1) is 0 Å². The van der Waals surface area contributed by atoms with Crippen LogP contribution in [0.4, 0.5) is 0 Å². The highest BCUT2D eigenvalue weighted by Gasteiger charge is 2.13. The molecule has 0 aliphatic rings. The number of amides is 2. The molecule has 0 atom stereocenters. The Morgan fingerprint density at radius 1 is 1.00 bits per heavy atom. The minimum atomic E-state index is -0.746. The third-order valence-electron chi connectivity index (χ3n) is 2.85. The number of carbonyl (C=O) groups excluding carboxylic acids is 3. The van der Waals surface area contributed by atoms with Crippen LogP contribution in [-0.4, -0.2) is 24.4 Å². The molecule has 1 N–H and O–H groups in total. The minimum Gasteiger partial charge on any atom is -0.452 e. The number of benzene rings is 2. The number of hydrogen-bond acceptors (Lipinski definition) is 5. The van der Waals surface area contributed by atoms with Gasteiger partial charge in [0.05, 0.1) is 17.2 Å². The van der Waals surface area contributed by atoms with Crippen molar-refractivity contribution in [3.05, 3.63) is 71.3 Å². The molecule has 2 aromatic rings. The zero-order valence-corrected chi connectivity index (χ0v) is 12.0. The largest absolute Gasteiger partial charge is 0.452 e. The lowest BCUT2D eigenvalue weighted by atomic mass is 10.1. The number of nitriles is 1. The molecule has 23 heavy (non-hydrogen) atoms. The van der Waals surface area contributed by atoms with Gasteiger partial charge < -0.3 is 4.74 Å². The van der Waals surface area contributed by atoms with Gasteiger partial charge in [0.25, 0.3) is 11.8 Å². The summed E-state index contributed by atoms with van der Waals surface area (Å²) in [7, 11) is 0. The van der Waals surface area contributed by atoms with Crippen molar-refractivity contribution in [2.75, 3.05) is 6.61 Å². The van der Waals surface area contributed by atoms with Gasteiger partial charge in [0.15, 0.2) is 6.61 Å². The molecule has 0 fully saturated rings. The van der Waals surface area contributed by atoms with Crippen LogP contribution in [0.15, 0.2) is 54.6 Å². The van der Waals surface area contributed by atoms with Gasteiger partial charge in [-0.05, 0) is 30.3 Å². The maximum atomic E-state index is 11.8. The molecular formula is C17H12N2O4. The first-order chi connectivity index (χ1) is 11.1. The molecule has 0 aliphatic heterocycles. The van der Waals surface area contributed by atoms with Gasteiger partial charge in [-0.1, -0.05) is 24.3 Å². The van der Waals surface area contributed by atoms with E-state index in [1.165, 1.54) is 18.2 Å². The van der Waals surface area contributed by atoms with Crippen molar-refractivity contribution >= 4 is 17.8 Å². The summed E-state index contributed by atoms with van der Waals surface area (Å²) in [6, 6.07) is 16.0. The summed E-state index contributed by atoms with van der Waals surface area (Å²) >= 11 is 0. The Bertz CT molecular complexity index is 779. The van der Waals surface area contributed by atoms with Crippen LogP contribution >= 0.6 is 0 Å². The lowest BCUT2D eigenvalue weighted by Gasteiger charge is -2.06. The fourth-order valence-electron chi connectivity index (χ4n) is 1.75. The summed E-state index contributed by atoms with van der Waals surface area (Å²) in [5.74, 6) is -2.05. The Morgan fingerprint density at radius 2 is 1.70 bits per heavy atom. The molecule has 0 unspecified atom stereocenters. The molecule has 114 valence electrons. The quantitative estimate of drug-likeness (QED) is 0.867. The first-order valence-corrected chi connectivity index (χ1v) is 6.66. The van der Waals surface area contributed by atoms with Crippen molar-refractivity contribution in [2.24, 2.45) is 0 Å². The molecule has 6 nitrogen and oxygen atoms in total. The third kappa shape index (κ3) is 4.51. The summed E-state index contributed by atoms with van der Waals surface area (Å²) in [6.45, 7) is -0.589. The lowest BCUT2D eigenvalue weighted by molar-refractivity contribution is -0.123. The van der Waals surface area contributed by atoms with Crippen molar-refractivity contribution in [1.29, 1.82) is 5.26 Å². The average molecular weight is 308 g/mol. The Balaban J connectivity index is 1.88. The van der Waals surface area contributed by atoms with Crippen LogP contribution in [0.1, 0.15) is 26.3 Å². The van der Waals surface area contributed by atoms with E-state index in [0.717, 1.165) is 0 Å². The van der Waals surface area contributed by atoms with Gasteiger partial charge >= 0.3 is 5.97 Å². The van der Waals surface area contributed by atoms with Gasteiger partial charge in [0.2, 0.25) is 0 Å². The van der Waals surface area contributed by atoms with Crippen LogP contribution in [0.2, 0.25) is 0 Å². The topological polar surface area (TPSA) is 96.3 Å². The Labute approximate surface area is 132 Å². The summed E-state index contributed by atoms with van der Waals surface area (Å²) in [5, 5.41) is 10.9. The zero-order valence-electron chi connectivity index (χ0n) is 12.0. The fraction of sp³-hybridized carbons (Fsp3) is 0.0588. The number of nitrogens with zero attached hydrogens (tertiary/aromatic N) is 1. The number of carbonyl (C=O) groups is 3. The Kier molecular flexibility index (Phi) is 5.21. The van der Waals surface area contributed by atoms with Crippen molar-refractivity contribution in [3.63, 3.8) is 0 Å². The number of rotatable bonds is 4. The molecule has 2 aromatic carbocycles. The Morgan fingerprint density at radius 3 is 2.39 bits per heavy atom. The smallest absolute Gasteiger partial charge is 0.338 e. The van der Waals surface area contributed by atoms with Crippen LogP contribution < -0.4 is 5.32 Å². The van der Waals surface area contributed by atoms with E-state index in [9.17, 15) is 14.4 Å². The molecule has 2 amide bonds. The van der Waals surface area contributed by atoms with E-state index in [0.29, 0.717) is 11.1 Å². The standard InChI is InChI=1S/C17H12N2O4/c18-10-12-5-4-8-14(9-12)17(22)23-11-15(20)19-16(21)13-6-2-1-3-7-13/h1-9H,11H2,(H,19,20,21). The highest BCUT2D eigenvalue weighted by molar-refractivity contribution is 6.05. The van der Waals surface area contributed by atoms with Gasteiger partial charge in [-0.3, -0.25) is 14.9 Å². The molecule has 0 aromatic heterocycles. The number of nitrogens with one attached hydrogen (secondary N) is 1. The van der Waals surface area contributed by atoms with Gasteiger partial charge in [0, 0.05) is 5.56 Å². The monoisotopic (exact) mass is 308 g/mol. The molecule has 6 heteroatoms. The SMILES string of the molecule is N#Cc1cccc(C(=O)OCC(=O)NC(=O)c2ccccc2)c1. The Hall–Kier alpha value is -3.46. The van der Waals surface area contributed by atoms with E-state index in [1.807, 2.05) is 6.07 Å². The van der Waals surface area contributed by atoms with E-state index < -0.39 is 24.4 Å². The highest BCUT2D eigenvalue weighted by atomic mass is 16.5. The van der Waals surface area contributed by atoms with Crippen LogP contribution in [-0.2, 0) is 9.53 Å². The second-order valence-electron chi connectivity index (χ2n) is 4.51. The van der Waals surface area contributed by atoms with Crippen LogP contribution in [0.3, 0.4) is 0 Å². The summed E-state index contributed by atoms with van der Waals surface area (Å²) in [6.07, 6.45) is 0. The molecular weight excluding hydrogens is 296 g/mol. The molecule has 0 radical (unpaired) electrons. The summed E-state index contributed by atoms with van der Waals surface area (Å²) in [4.78, 5) is 35.1. The van der Waals surface area contributed by atoms with Crippen molar-refractivity contribution in [2.45, 2.75) is 0 Å². The average Bonchev–Trinajstić information content (AvgIpc) is 2.60. The lowest BCUT2D eigenvalue weighted by Crippen LogP contribution is -2.34. The van der Waals surface area contributed by atoms with Crippen LogP contribution in [0, 0.1) is 11.3 Å². The van der Waals surface area contributed by atoms with Crippen LogP contribution in [0.25, 0.3) is 0 Å². The van der Waals surface area contributed by atoms with Crippen LogP contribution in [0.5, 0.6) is 0 Å². The predicted octanol–water partition coefficient (Wildman–Crippen LogP) is 1.67. The van der Waals surface area contributed by atoms with Gasteiger partial charge in [0.1, 0.15) is 0 Å². The first kappa shape index (κ1) is 15.9. The molecule has 0 aliphatic carbocycles. The summed E-state index contributed by atoms with van der Waals surface area (Å²) in [5.41, 5.74) is 0.795.